The fraction of sp³-hybridized carbons (Fsp3) is 0.273. The average molecular weight is 254 g/mol. The SMILES string of the molecule is COc1ccc(N(C=O)CC(N)=S)cc1OC. The van der Waals surface area contributed by atoms with Crippen molar-refractivity contribution in [3.63, 3.8) is 0 Å². The molecule has 1 rings (SSSR count). The van der Waals surface area contributed by atoms with Crippen molar-refractivity contribution in [3.05, 3.63) is 18.2 Å². The minimum atomic E-state index is 0.189. The summed E-state index contributed by atoms with van der Waals surface area (Å²) >= 11 is 4.77. The number of ether oxygens (including phenoxy) is 2. The van der Waals surface area contributed by atoms with Gasteiger partial charge in [-0.05, 0) is 12.1 Å². The summed E-state index contributed by atoms with van der Waals surface area (Å²) in [6.45, 7) is 0.189. The highest BCUT2D eigenvalue weighted by Gasteiger charge is 2.10. The minimum absolute atomic E-state index is 0.189. The van der Waals surface area contributed by atoms with Crippen LogP contribution in [-0.4, -0.2) is 32.2 Å². The molecule has 2 N–H and O–H groups in total. The van der Waals surface area contributed by atoms with E-state index in [1.165, 1.54) is 12.0 Å². The summed E-state index contributed by atoms with van der Waals surface area (Å²) in [7, 11) is 3.07. The van der Waals surface area contributed by atoms with E-state index in [-0.39, 0.29) is 11.5 Å². The first kappa shape index (κ1) is 13.2. The van der Waals surface area contributed by atoms with Crippen LogP contribution >= 0.6 is 12.2 Å². The lowest BCUT2D eigenvalue weighted by Crippen LogP contribution is -2.31. The number of hydrogen-bond donors (Lipinski definition) is 1. The third-order valence-corrected chi connectivity index (χ3v) is 2.28. The third kappa shape index (κ3) is 3.32. The molecule has 6 heteroatoms. The van der Waals surface area contributed by atoms with Gasteiger partial charge in [0.1, 0.15) is 0 Å². The highest BCUT2D eigenvalue weighted by atomic mass is 32.1. The standard InChI is InChI=1S/C11H14N2O3S/c1-15-9-4-3-8(5-10(9)16-2)13(7-14)6-11(12)17/h3-5,7H,6H2,1-2H3,(H2,12,17). The number of anilines is 1. The van der Waals surface area contributed by atoms with Gasteiger partial charge in [-0.1, -0.05) is 12.2 Å². The molecule has 0 saturated carbocycles. The molecule has 0 unspecified atom stereocenters. The number of amides is 1. The van der Waals surface area contributed by atoms with E-state index in [4.69, 9.17) is 27.4 Å². The molecule has 1 aromatic rings. The second-order valence-corrected chi connectivity index (χ2v) is 3.76. The highest BCUT2D eigenvalue weighted by Crippen LogP contribution is 2.30. The lowest BCUT2D eigenvalue weighted by atomic mass is 10.2. The minimum Gasteiger partial charge on any atom is -0.493 e. The van der Waals surface area contributed by atoms with Crippen LogP contribution < -0.4 is 20.1 Å². The maximum absolute atomic E-state index is 10.9. The van der Waals surface area contributed by atoms with Crippen molar-refractivity contribution in [2.45, 2.75) is 0 Å². The third-order valence-electron chi connectivity index (χ3n) is 2.15. The van der Waals surface area contributed by atoms with Crippen LogP contribution in [0.15, 0.2) is 18.2 Å². The van der Waals surface area contributed by atoms with E-state index >= 15 is 0 Å². The van der Waals surface area contributed by atoms with Gasteiger partial charge in [-0.15, -0.1) is 0 Å². The summed E-state index contributed by atoms with van der Waals surface area (Å²) in [5.74, 6) is 1.14. The molecular weight excluding hydrogens is 240 g/mol. The topological polar surface area (TPSA) is 64.8 Å². The van der Waals surface area contributed by atoms with Crippen molar-refractivity contribution in [3.8, 4) is 11.5 Å². The molecule has 17 heavy (non-hydrogen) atoms. The lowest BCUT2D eigenvalue weighted by Gasteiger charge is -2.18. The van der Waals surface area contributed by atoms with Crippen LogP contribution in [0.1, 0.15) is 0 Å². The van der Waals surface area contributed by atoms with E-state index in [0.717, 1.165) is 0 Å². The zero-order valence-corrected chi connectivity index (χ0v) is 10.5. The summed E-state index contributed by atoms with van der Waals surface area (Å²) in [5, 5.41) is 0. The van der Waals surface area contributed by atoms with Gasteiger partial charge in [0.05, 0.1) is 25.8 Å². The van der Waals surface area contributed by atoms with Gasteiger partial charge in [-0.2, -0.15) is 0 Å². The molecule has 0 aliphatic carbocycles. The molecule has 1 aromatic carbocycles. The van der Waals surface area contributed by atoms with Crippen LogP contribution in [-0.2, 0) is 4.79 Å². The van der Waals surface area contributed by atoms with Gasteiger partial charge in [0.25, 0.3) is 0 Å². The first-order valence-corrected chi connectivity index (χ1v) is 5.25. The number of carbonyl (C=O) groups excluding carboxylic acids is 1. The number of benzene rings is 1. The number of methoxy groups -OCH3 is 2. The molecule has 0 heterocycles. The summed E-state index contributed by atoms with van der Waals surface area (Å²) in [6.07, 6.45) is 0.667. The molecule has 0 aliphatic rings. The van der Waals surface area contributed by atoms with E-state index in [1.54, 1.807) is 25.3 Å². The van der Waals surface area contributed by atoms with Gasteiger partial charge in [0.2, 0.25) is 6.41 Å². The van der Waals surface area contributed by atoms with Gasteiger partial charge in [-0.3, -0.25) is 4.79 Å². The molecule has 0 saturated heterocycles. The van der Waals surface area contributed by atoms with Gasteiger partial charge >= 0.3 is 0 Å². The van der Waals surface area contributed by atoms with Crippen molar-refractivity contribution < 1.29 is 14.3 Å². The van der Waals surface area contributed by atoms with Gasteiger partial charge in [0, 0.05) is 11.8 Å². The fourth-order valence-electron chi connectivity index (χ4n) is 1.36. The Morgan fingerprint density at radius 2 is 2.06 bits per heavy atom. The van der Waals surface area contributed by atoms with Crippen LogP contribution in [0.3, 0.4) is 0 Å². The summed E-state index contributed by atoms with van der Waals surface area (Å²) in [4.78, 5) is 12.6. The lowest BCUT2D eigenvalue weighted by molar-refractivity contribution is -0.107. The smallest absolute Gasteiger partial charge is 0.214 e. The van der Waals surface area contributed by atoms with Crippen molar-refractivity contribution in [2.24, 2.45) is 5.73 Å². The quantitative estimate of drug-likeness (QED) is 0.605. The average Bonchev–Trinajstić information content (AvgIpc) is 2.34. The second-order valence-electron chi connectivity index (χ2n) is 3.24. The van der Waals surface area contributed by atoms with Gasteiger partial charge in [-0.25, -0.2) is 0 Å². The van der Waals surface area contributed by atoms with Crippen molar-refractivity contribution in [1.29, 1.82) is 0 Å². The first-order valence-electron chi connectivity index (χ1n) is 4.84. The fourth-order valence-corrected chi connectivity index (χ4v) is 1.50. The van der Waals surface area contributed by atoms with Crippen LogP contribution in [0.4, 0.5) is 5.69 Å². The molecule has 1 amide bonds. The van der Waals surface area contributed by atoms with Crippen LogP contribution in [0.2, 0.25) is 0 Å². The Morgan fingerprint density at radius 3 is 2.53 bits per heavy atom. The van der Waals surface area contributed by atoms with Gasteiger partial charge < -0.3 is 20.1 Å². The monoisotopic (exact) mass is 254 g/mol. The molecule has 0 atom stereocenters. The van der Waals surface area contributed by atoms with Crippen LogP contribution in [0, 0.1) is 0 Å². The molecule has 0 radical (unpaired) electrons. The Labute approximate surface area is 105 Å². The number of thiocarbonyl (C=S) groups is 1. The Bertz CT molecular complexity index is 423. The van der Waals surface area contributed by atoms with Crippen LogP contribution in [0.25, 0.3) is 0 Å². The zero-order chi connectivity index (χ0) is 12.8. The van der Waals surface area contributed by atoms with E-state index in [0.29, 0.717) is 23.6 Å². The summed E-state index contributed by atoms with van der Waals surface area (Å²) < 4.78 is 10.2. The van der Waals surface area contributed by atoms with Crippen molar-refractivity contribution in [1.82, 2.24) is 0 Å². The van der Waals surface area contributed by atoms with E-state index in [1.807, 2.05) is 0 Å². The molecule has 5 nitrogen and oxygen atoms in total. The van der Waals surface area contributed by atoms with Crippen molar-refractivity contribution >= 4 is 29.3 Å². The zero-order valence-electron chi connectivity index (χ0n) is 9.67. The highest BCUT2D eigenvalue weighted by molar-refractivity contribution is 7.80. The predicted molar refractivity (Wildman–Crippen MR) is 69.7 cm³/mol. The Kier molecular flexibility index (Phi) is 4.71. The summed E-state index contributed by atoms with van der Waals surface area (Å²) in [6, 6.07) is 5.13. The molecule has 0 aromatic heterocycles. The number of nitrogens with zero attached hydrogens (tertiary/aromatic N) is 1. The molecule has 0 fully saturated rings. The Morgan fingerprint density at radius 1 is 1.41 bits per heavy atom. The molecular formula is C11H14N2O3S. The normalized spacial score (nSPS) is 9.53. The van der Waals surface area contributed by atoms with Crippen LogP contribution in [0.5, 0.6) is 11.5 Å². The second kappa shape index (κ2) is 6.05. The number of carbonyl (C=O) groups is 1. The van der Waals surface area contributed by atoms with E-state index in [9.17, 15) is 4.79 Å². The summed E-state index contributed by atoms with van der Waals surface area (Å²) in [5.41, 5.74) is 6.05. The molecule has 92 valence electrons. The first-order chi connectivity index (χ1) is 8.12. The largest absolute Gasteiger partial charge is 0.493 e. The van der Waals surface area contributed by atoms with E-state index in [2.05, 4.69) is 0 Å². The number of nitrogens with two attached hydrogens (primary N) is 1. The van der Waals surface area contributed by atoms with E-state index < -0.39 is 0 Å². The maximum Gasteiger partial charge on any atom is 0.214 e. The maximum atomic E-state index is 10.9. The molecule has 0 aliphatic heterocycles. The molecule has 0 spiro atoms. The van der Waals surface area contributed by atoms with Gasteiger partial charge in [0.15, 0.2) is 11.5 Å². The molecule has 0 bridgehead atoms. The number of rotatable bonds is 6. The Balaban J connectivity index is 3.04. The predicted octanol–water partition coefficient (Wildman–Crippen LogP) is 0.953. The Hall–Kier alpha value is -1.82. The number of hydrogen-bond acceptors (Lipinski definition) is 4. The van der Waals surface area contributed by atoms with Crippen molar-refractivity contribution in [2.75, 3.05) is 25.7 Å².